The predicted molar refractivity (Wildman–Crippen MR) is 68.4 cm³/mol. The first-order valence-corrected chi connectivity index (χ1v) is 7.27. The van der Waals surface area contributed by atoms with Gasteiger partial charge in [0, 0.05) is 18.6 Å². The molecule has 92 valence electrons. The van der Waals surface area contributed by atoms with Crippen LogP contribution in [-0.4, -0.2) is 23.5 Å². The summed E-state index contributed by atoms with van der Waals surface area (Å²) in [6.45, 7) is 10.0. The largest absolute Gasteiger partial charge is 0.297 e. The lowest BCUT2D eigenvalue weighted by molar-refractivity contribution is 0.0291. The van der Waals surface area contributed by atoms with E-state index in [0.29, 0.717) is 5.54 Å². The van der Waals surface area contributed by atoms with Crippen molar-refractivity contribution < 1.29 is 0 Å². The minimum absolute atomic E-state index is 0.644. The molecule has 0 spiro atoms. The Bertz CT molecular complexity index is 267. The van der Waals surface area contributed by atoms with Crippen LogP contribution in [0.5, 0.6) is 0 Å². The Morgan fingerprint density at radius 2 is 1.75 bits per heavy atom. The normalized spacial score (nSPS) is 31.5. The van der Waals surface area contributed by atoms with Gasteiger partial charge in [0.05, 0.1) is 0 Å². The first-order valence-electron chi connectivity index (χ1n) is 7.27. The lowest BCUT2D eigenvalue weighted by atomic mass is 9.81. The fourth-order valence-corrected chi connectivity index (χ4v) is 3.78. The molecule has 0 radical (unpaired) electrons. The molecule has 1 nitrogen and oxygen atoms in total. The topological polar surface area (TPSA) is 3.24 Å². The van der Waals surface area contributed by atoms with Crippen LogP contribution in [0.3, 0.4) is 0 Å². The highest BCUT2D eigenvalue weighted by molar-refractivity contribution is 5.06. The Balaban J connectivity index is 1.44. The summed E-state index contributed by atoms with van der Waals surface area (Å²) in [5, 5.41) is 0. The van der Waals surface area contributed by atoms with E-state index in [0.717, 1.165) is 17.3 Å². The lowest BCUT2D eigenvalue weighted by Gasteiger charge is -2.45. The summed E-state index contributed by atoms with van der Waals surface area (Å²) in [6.07, 6.45) is 8.99. The van der Waals surface area contributed by atoms with Crippen LogP contribution in [0, 0.1) is 17.3 Å². The molecular weight excluding hydrogens is 194 g/mol. The molecule has 1 heterocycles. The van der Waals surface area contributed by atoms with Crippen LogP contribution >= 0.6 is 0 Å². The smallest absolute Gasteiger partial charge is 0.0183 e. The van der Waals surface area contributed by atoms with Crippen molar-refractivity contribution in [3.05, 3.63) is 0 Å². The van der Waals surface area contributed by atoms with Gasteiger partial charge in [-0.15, -0.1) is 0 Å². The summed E-state index contributed by atoms with van der Waals surface area (Å²) in [4.78, 5) is 2.74. The van der Waals surface area contributed by atoms with E-state index in [9.17, 15) is 0 Å². The van der Waals surface area contributed by atoms with E-state index in [4.69, 9.17) is 0 Å². The van der Waals surface area contributed by atoms with Gasteiger partial charge in [-0.3, -0.25) is 4.90 Å². The summed E-state index contributed by atoms with van der Waals surface area (Å²) < 4.78 is 0. The van der Waals surface area contributed by atoms with Crippen molar-refractivity contribution in [1.29, 1.82) is 0 Å². The Kier molecular flexibility index (Phi) is 2.41. The first kappa shape index (κ1) is 11.1. The Hall–Kier alpha value is -0.0400. The number of likely N-dealkylation sites (tertiary alicyclic amines) is 1. The quantitative estimate of drug-likeness (QED) is 0.684. The molecule has 1 heteroatoms. The van der Waals surface area contributed by atoms with Crippen molar-refractivity contribution in [2.24, 2.45) is 17.3 Å². The molecule has 0 aromatic carbocycles. The fraction of sp³-hybridized carbons (Fsp3) is 1.00. The molecule has 0 unspecified atom stereocenters. The zero-order valence-electron chi connectivity index (χ0n) is 11.3. The van der Waals surface area contributed by atoms with Gasteiger partial charge < -0.3 is 0 Å². The molecule has 1 saturated heterocycles. The number of hydrogen-bond donors (Lipinski definition) is 0. The molecular formula is C15H27N. The Labute approximate surface area is 101 Å². The maximum atomic E-state index is 2.74. The van der Waals surface area contributed by atoms with E-state index in [1.165, 1.54) is 51.6 Å². The monoisotopic (exact) mass is 221 g/mol. The van der Waals surface area contributed by atoms with Crippen molar-refractivity contribution in [2.45, 2.75) is 64.8 Å². The predicted octanol–water partition coefficient (Wildman–Crippen LogP) is 3.69. The van der Waals surface area contributed by atoms with E-state index in [1.807, 2.05) is 0 Å². The van der Waals surface area contributed by atoms with Crippen LogP contribution in [0.25, 0.3) is 0 Å². The molecule has 3 rings (SSSR count). The number of rotatable bonds is 5. The van der Waals surface area contributed by atoms with E-state index in [-0.39, 0.29) is 0 Å². The van der Waals surface area contributed by atoms with Crippen LogP contribution in [0.1, 0.15) is 59.3 Å². The Morgan fingerprint density at radius 1 is 1.12 bits per heavy atom. The van der Waals surface area contributed by atoms with Gasteiger partial charge in [0.25, 0.3) is 0 Å². The zero-order valence-corrected chi connectivity index (χ0v) is 11.3. The van der Waals surface area contributed by atoms with Crippen LogP contribution in [0.4, 0.5) is 0 Å². The van der Waals surface area contributed by atoms with Gasteiger partial charge in [-0.25, -0.2) is 0 Å². The highest BCUT2D eigenvalue weighted by Crippen LogP contribution is 2.57. The van der Waals surface area contributed by atoms with Crippen LogP contribution in [0.15, 0.2) is 0 Å². The van der Waals surface area contributed by atoms with E-state index in [2.05, 4.69) is 25.7 Å². The second-order valence-electron chi connectivity index (χ2n) is 7.57. The van der Waals surface area contributed by atoms with Gasteiger partial charge in [0.2, 0.25) is 0 Å². The molecule has 0 N–H and O–H groups in total. The molecule has 2 saturated carbocycles. The van der Waals surface area contributed by atoms with Gasteiger partial charge in [-0.1, -0.05) is 13.8 Å². The van der Waals surface area contributed by atoms with Crippen LogP contribution < -0.4 is 0 Å². The molecule has 1 aliphatic heterocycles. The molecule has 0 bridgehead atoms. The number of nitrogens with zero attached hydrogens (tertiary/aromatic N) is 1. The average molecular weight is 221 g/mol. The third-order valence-electron chi connectivity index (χ3n) is 5.21. The van der Waals surface area contributed by atoms with E-state index < -0.39 is 0 Å². The van der Waals surface area contributed by atoms with Crippen molar-refractivity contribution in [3.63, 3.8) is 0 Å². The minimum Gasteiger partial charge on any atom is -0.297 e. The summed E-state index contributed by atoms with van der Waals surface area (Å²) in [5.41, 5.74) is 1.45. The highest BCUT2D eigenvalue weighted by Gasteiger charge is 2.51. The van der Waals surface area contributed by atoms with Gasteiger partial charge in [0.1, 0.15) is 0 Å². The fourth-order valence-electron chi connectivity index (χ4n) is 3.78. The summed E-state index contributed by atoms with van der Waals surface area (Å²) in [6, 6.07) is 0. The number of hydrogen-bond acceptors (Lipinski definition) is 1. The summed E-state index contributed by atoms with van der Waals surface area (Å²) >= 11 is 0. The third kappa shape index (κ3) is 2.03. The van der Waals surface area contributed by atoms with Crippen LogP contribution in [-0.2, 0) is 0 Å². The lowest BCUT2D eigenvalue weighted by Crippen LogP contribution is -2.53. The first-order chi connectivity index (χ1) is 7.51. The highest BCUT2D eigenvalue weighted by atomic mass is 15.3. The third-order valence-corrected chi connectivity index (χ3v) is 5.21. The molecule has 2 aliphatic carbocycles. The SMILES string of the molecule is CC(C)CC1(CC2CN(C3(C)CC3)C2)CC1. The average Bonchev–Trinajstić information content (AvgIpc) is 2.99. The molecule has 0 aromatic heterocycles. The minimum atomic E-state index is 0.644. The van der Waals surface area contributed by atoms with Crippen molar-refractivity contribution in [1.82, 2.24) is 4.90 Å². The van der Waals surface area contributed by atoms with Gasteiger partial charge in [0.15, 0.2) is 0 Å². The molecule has 0 amide bonds. The second kappa shape index (κ2) is 3.48. The van der Waals surface area contributed by atoms with E-state index in [1.54, 1.807) is 0 Å². The van der Waals surface area contributed by atoms with E-state index >= 15 is 0 Å². The van der Waals surface area contributed by atoms with Crippen LogP contribution in [0.2, 0.25) is 0 Å². The standard InChI is InChI=1S/C15H27N/c1-12(2)8-15(6-7-15)9-13-10-16(11-13)14(3)4-5-14/h12-13H,4-11H2,1-3H3. The molecule has 16 heavy (non-hydrogen) atoms. The van der Waals surface area contributed by atoms with Crippen molar-refractivity contribution in [3.8, 4) is 0 Å². The summed E-state index contributed by atoms with van der Waals surface area (Å²) in [5.74, 6) is 1.94. The second-order valence-corrected chi connectivity index (χ2v) is 7.57. The maximum absolute atomic E-state index is 2.74. The van der Waals surface area contributed by atoms with Gasteiger partial charge in [-0.05, 0) is 62.7 Å². The van der Waals surface area contributed by atoms with Crippen molar-refractivity contribution in [2.75, 3.05) is 13.1 Å². The summed E-state index contributed by atoms with van der Waals surface area (Å²) in [7, 11) is 0. The molecule has 3 fully saturated rings. The van der Waals surface area contributed by atoms with Gasteiger partial charge in [-0.2, -0.15) is 0 Å². The maximum Gasteiger partial charge on any atom is 0.0183 e. The van der Waals surface area contributed by atoms with Gasteiger partial charge >= 0.3 is 0 Å². The Morgan fingerprint density at radius 3 is 2.19 bits per heavy atom. The van der Waals surface area contributed by atoms with Crippen molar-refractivity contribution >= 4 is 0 Å². The molecule has 0 aromatic rings. The molecule has 0 atom stereocenters. The zero-order chi connectivity index (χ0) is 11.4. The molecule has 3 aliphatic rings.